The number of anilines is 1. The molecule has 3 amide bonds. The van der Waals surface area contributed by atoms with E-state index in [2.05, 4.69) is 29.2 Å². The van der Waals surface area contributed by atoms with Crippen molar-refractivity contribution < 1.29 is 14.4 Å². The summed E-state index contributed by atoms with van der Waals surface area (Å²) < 4.78 is 0. The van der Waals surface area contributed by atoms with Crippen molar-refractivity contribution in [2.24, 2.45) is 11.8 Å². The molecular weight excluding hydrogens is 488 g/mol. The zero-order valence-corrected chi connectivity index (χ0v) is 23.4. The molecule has 0 aliphatic carbocycles. The fourth-order valence-corrected chi connectivity index (χ4v) is 6.50. The lowest BCUT2D eigenvalue weighted by atomic mass is 9.85. The van der Waals surface area contributed by atoms with Gasteiger partial charge in [-0.2, -0.15) is 0 Å². The van der Waals surface area contributed by atoms with E-state index in [0.717, 1.165) is 44.5 Å². The summed E-state index contributed by atoms with van der Waals surface area (Å²) in [6, 6.07) is 20.6. The first-order chi connectivity index (χ1) is 18.9. The summed E-state index contributed by atoms with van der Waals surface area (Å²) in [5.41, 5.74) is 1.63. The third-order valence-electron chi connectivity index (χ3n) is 9.18. The van der Waals surface area contributed by atoms with Crippen molar-refractivity contribution in [3.05, 3.63) is 66.2 Å². The Morgan fingerprint density at radius 3 is 2.13 bits per heavy atom. The van der Waals surface area contributed by atoms with Gasteiger partial charge in [0, 0.05) is 37.8 Å². The summed E-state index contributed by atoms with van der Waals surface area (Å²) in [6.07, 6.45) is 5.02. The lowest BCUT2D eigenvalue weighted by Gasteiger charge is -2.43. The molecule has 5 rings (SSSR count). The largest absolute Gasteiger partial charge is 0.342 e. The van der Waals surface area contributed by atoms with Gasteiger partial charge >= 0.3 is 0 Å². The van der Waals surface area contributed by atoms with Crippen LogP contribution in [0.5, 0.6) is 0 Å². The number of likely N-dealkylation sites (tertiary alicyclic amines) is 2. The number of piperidine rings is 2. The molecule has 2 aromatic carbocycles. The number of nitrogens with zero attached hydrogens (tertiary/aromatic N) is 4. The summed E-state index contributed by atoms with van der Waals surface area (Å²) in [7, 11) is 0. The molecule has 3 heterocycles. The summed E-state index contributed by atoms with van der Waals surface area (Å²) in [5.74, 6) is 0.816. The molecule has 208 valence electrons. The molecule has 3 saturated heterocycles. The molecular formula is C32H42N4O3. The highest BCUT2D eigenvalue weighted by atomic mass is 16.2. The van der Waals surface area contributed by atoms with Gasteiger partial charge in [-0.1, -0.05) is 62.4 Å². The monoisotopic (exact) mass is 530 g/mol. The van der Waals surface area contributed by atoms with Gasteiger partial charge in [-0.15, -0.1) is 0 Å². The first kappa shape index (κ1) is 27.2. The van der Waals surface area contributed by atoms with Crippen LogP contribution in [0.25, 0.3) is 0 Å². The highest BCUT2D eigenvalue weighted by Gasteiger charge is 2.54. The SMILES string of the molecule is CCC(C)C(=O)N1CCC2(CC1)C(=O)N(CC(=O)N1CCC(Cc3ccccc3)CC1)CN2c1ccccc1. The molecule has 0 radical (unpaired) electrons. The lowest BCUT2D eigenvalue weighted by molar-refractivity contribution is -0.143. The van der Waals surface area contributed by atoms with E-state index in [-0.39, 0.29) is 30.2 Å². The van der Waals surface area contributed by atoms with E-state index in [9.17, 15) is 14.4 Å². The van der Waals surface area contributed by atoms with E-state index < -0.39 is 5.54 Å². The summed E-state index contributed by atoms with van der Waals surface area (Å²) in [6.45, 7) is 7.15. The Morgan fingerprint density at radius 1 is 0.897 bits per heavy atom. The van der Waals surface area contributed by atoms with Gasteiger partial charge in [0.05, 0.1) is 6.67 Å². The highest BCUT2D eigenvalue weighted by molar-refractivity contribution is 5.96. The number of amides is 3. The molecule has 0 bridgehead atoms. The van der Waals surface area contributed by atoms with E-state index in [1.165, 1.54) is 5.56 Å². The number of benzene rings is 2. The Hall–Kier alpha value is -3.35. The normalized spacial score (nSPS) is 20.5. The number of hydrogen-bond donors (Lipinski definition) is 0. The van der Waals surface area contributed by atoms with Crippen molar-refractivity contribution in [2.45, 2.75) is 57.9 Å². The van der Waals surface area contributed by atoms with Gasteiger partial charge in [0.15, 0.2) is 0 Å². The standard InChI is InChI=1S/C32H42N4O3/c1-3-25(2)30(38)34-20-16-32(17-21-34)31(39)35(24-36(32)28-12-8-5-9-13-28)23-29(37)33-18-14-27(15-19-33)22-26-10-6-4-7-11-26/h4-13,25,27H,3,14-24H2,1-2H3. The van der Waals surface area contributed by atoms with Crippen LogP contribution in [0.1, 0.15) is 51.5 Å². The highest BCUT2D eigenvalue weighted by Crippen LogP contribution is 2.40. The summed E-state index contributed by atoms with van der Waals surface area (Å²) >= 11 is 0. The van der Waals surface area contributed by atoms with E-state index in [1.54, 1.807) is 4.90 Å². The Bertz CT molecular complexity index is 1140. The molecule has 7 nitrogen and oxygen atoms in total. The first-order valence-electron chi connectivity index (χ1n) is 14.6. The Balaban J connectivity index is 1.24. The quantitative estimate of drug-likeness (QED) is 0.539. The van der Waals surface area contributed by atoms with Crippen LogP contribution in [0.4, 0.5) is 5.69 Å². The van der Waals surface area contributed by atoms with Gasteiger partial charge in [0.2, 0.25) is 11.8 Å². The Morgan fingerprint density at radius 2 is 1.51 bits per heavy atom. The second kappa shape index (κ2) is 11.8. The fourth-order valence-electron chi connectivity index (χ4n) is 6.50. The van der Waals surface area contributed by atoms with Gasteiger partial charge in [-0.25, -0.2) is 0 Å². The van der Waals surface area contributed by atoms with E-state index in [1.807, 2.05) is 60.0 Å². The van der Waals surface area contributed by atoms with Crippen LogP contribution in [0.15, 0.2) is 60.7 Å². The van der Waals surface area contributed by atoms with E-state index in [0.29, 0.717) is 38.5 Å². The maximum atomic E-state index is 14.0. The van der Waals surface area contributed by atoms with Gasteiger partial charge in [0.25, 0.3) is 5.91 Å². The maximum absolute atomic E-state index is 14.0. The molecule has 39 heavy (non-hydrogen) atoms. The molecule has 0 saturated carbocycles. The van der Waals surface area contributed by atoms with Crippen LogP contribution in [0.2, 0.25) is 0 Å². The molecule has 0 N–H and O–H groups in total. The van der Waals surface area contributed by atoms with Crippen LogP contribution >= 0.6 is 0 Å². The predicted molar refractivity (Wildman–Crippen MR) is 153 cm³/mol. The molecule has 3 aliphatic heterocycles. The van der Waals surface area contributed by atoms with Crippen molar-refractivity contribution in [3.63, 3.8) is 0 Å². The van der Waals surface area contributed by atoms with Gasteiger partial charge in [-0.3, -0.25) is 14.4 Å². The second-order valence-corrected chi connectivity index (χ2v) is 11.6. The van der Waals surface area contributed by atoms with Crippen LogP contribution in [-0.2, 0) is 20.8 Å². The first-order valence-corrected chi connectivity index (χ1v) is 14.6. The minimum atomic E-state index is -0.712. The third-order valence-corrected chi connectivity index (χ3v) is 9.18. The molecule has 1 unspecified atom stereocenters. The van der Waals surface area contributed by atoms with Crippen molar-refractivity contribution in [3.8, 4) is 0 Å². The van der Waals surface area contributed by atoms with E-state index in [4.69, 9.17) is 0 Å². The van der Waals surface area contributed by atoms with E-state index >= 15 is 0 Å². The molecule has 1 spiro atoms. The van der Waals surface area contributed by atoms with Crippen LogP contribution in [0.3, 0.4) is 0 Å². The van der Waals surface area contributed by atoms with Gasteiger partial charge in [0.1, 0.15) is 12.1 Å². The third kappa shape index (κ3) is 5.68. The number of carbonyl (C=O) groups excluding carboxylic acids is 3. The Labute approximate surface area is 232 Å². The predicted octanol–water partition coefficient (Wildman–Crippen LogP) is 4.18. The topological polar surface area (TPSA) is 64.2 Å². The average Bonchev–Trinajstić information content (AvgIpc) is 3.24. The fraction of sp³-hybridized carbons (Fsp3) is 0.531. The zero-order valence-electron chi connectivity index (χ0n) is 23.4. The van der Waals surface area contributed by atoms with Crippen molar-refractivity contribution in [1.82, 2.24) is 14.7 Å². The molecule has 3 fully saturated rings. The number of carbonyl (C=O) groups is 3. The van der Waals surface area contributed by atoms with Crippen molar-refractivity contribution in [1.29, 1.82) is 0 Å². The van der Waals surface area contributed by atoms with Gasteiger partial charge in [-0.05, 0) is 62.1 Å². The second-order valence-electron chi connectivity index (χ2n) is 11.6. The lowest BCUT2D eigenvalue weighted by Crippen LogP contribution is -2.58. The molecule has 3 aliphatic rings. The maximum Gasteiger partial charge on any atom is 0.250 e. The zero-order chi connectivity index (χ0) is 27.4. The van der Waals surface area contributed by atoms with Crippen LogP contribution < -0.4 is 4.90 Å². The minimum Gasteiger partial charge on any atom is -0.342 e. The number of para-hydroxylation sites is 1. The molecule has 0 aromatic heterocycles. The van der Waals surface area contributed by atoms with Gasteiger partial charge < -0.3 is 19.6 Å². The molecule has 2 aromatic rings. The minimum absolute atomic E-state index is 0.00508. The molecule has 1 atom stereocenters. The number of hydrogen-bond acceptors (Lipinski definition) is 4. The van der Waals surface area contributed by atoms with Crippen LogP contribution in [0, 0.1) is 11.8 Å². The van der Waals surface area contributed by atoms with Crippen LogP contribution in [-0.4, -0.2) is 77.4 Å². The summed E-state index contributed by atoms with van der Waals surface area (Å²) in [4.78, 5) is 48.0. The molecule has 7 heteroatoms. The van der Waals surface area contributed by atoms with Crippen molar-refractivity contribution in [2.75, 3.05) is 44.3 Å². The number of rotatable bonds is 7. The smallest absolute Gasteiger partial charge is 0.250 e. The van der Waals surface area contributed by atoms with Crippen molar-refractivity contribution >= 4 is 23.4 Å². The average molecular weight is 531 g/mol. The summed E-state index contributed by atoms with van der Waals surface area (Å²) in [5, 5.41) is 0. The Kier molecular flexibility index (Phi) is 8.24.